The Kier molecular flexibility index (Phi) is 4.67. The normalized spacial score (nSPS) is 12.9. The summed E-state index contributed by atoms with van der Waals surface area (Å²) >= 11 is 0. The van der Waals surface area contributed by atoms with E-state index >= 15 is 0 Å². The summed E-state index contributed by atoms with van der Waals surface area (Å²) in [5.41, 5.74) is 2.11. The van der Waals surface area contributed by atoms with Crippen molar-refractivity contribution >= 4 is 23.6 Å². The fraction of sp³-hybridized carbons (Fsp3) is 0.200. The second-order valence-electron chi connectivity index (χ2n) is 5.98. The minimum absolute atomic E-state index is 0.120. The monoisotopic (exact) mass is 351 g/mol. The lowest BCUT2D eigenvalue weighted by Gasteiger charge is -2.06. The minimum atomic E-state index is -0.721. The van der Waals surface area contributed by atoms with Crippen molar-refractivity contribution in [3.63, 3.8) is 0 Å². The number of hydrogen-bond acceptors (Lipinski definition) is 5. The predicted octanol–water partition coefficient (Wildman–Crippen LogP) is 2.51. The molecule has 1 heterocycles. The lowest BCUT2D eigenvalue weighted by Crippen LogP contribution is -2.24. The maximum atomic E-state index is 12.2. The largest absolute Gasteiger partial charge is 0.454 e. The summed E-state index contributed by atoms with van der Waals surface area (Å²) in [5, 5.41) is 0. The van der Waals surface area contributed by atoms with E-state index in [9.17, 15) is 19.2 Å². The maximum Gasteiger partial charge on any atom is 0.338 e. The van der Waals surface area contributed by atoms with Gasteiger partial charge in [0.25, 0.3) is 11.8 Å². The first kappa shape index (κ1) is 17.5. The molecule has 3 rings (SSSR count). The van der Waals surface area contributed by atoms with Gasteiger partial charge in [0.15, 0.2) is 12.4 Å². The first-order valence-electron chi connectivity index (χ1n) is 8.18. The molecule has 2 aromatic carbocycles. The van der Waals surface area contributed by atoms with Gasteiger partial charge in [0.1, 0.15) is 0 Å². The van der Waals surface area contributed by atoms with Crippen LogP contribution < -0.4 is 0 Å². The summed E-state index contributed by atoms with van der Waals surface area (Å²) < 4.78 is 5.05. The fourth-order valence-electron chi connectivity index (χ4n) is 2.71. The van der Waals surface area contributed by atoms with Gasteiger partial charge in [-0.15, -0.1) is 0 Å². The van der Waals surface area contributed by atoms with Gasteiger partial charge in [0.2, 0.25) is 0 Å². The number of hydrogen-bond donors (Lipinski definition) is 0. The van der Waals surface area contributed by atoms with E-state index < -0.39 is 24.4 Å². The Bertz CT molecular complexity index is 914. The van der Waals surface area contributed by atoms with Crippen LogP contribution in [0.4, 0.5) is 0 Å². The van der Waals surface area contributed by atoms with Crippen LogP contribution in [0.15, 0.2) is 42.5 Å². The summed E-state index contributed by atoms with van der Waals surface area (Å²) in [6, 6.07) is 11.3. The van der Waals surface area contributed by atoms with Crippen LogP contribution in [-0.2, 0) is 11.2 Å². The van der Waals surface area contributed by atoms with E-state index in [4.69, 9.17) is 4.74 Å². The summed E-state index contributed by atoms with van der Waals surface area (Å²) in [6.45, 7) is 1.62. The number of esters is 1. The first-order chi connectivity index (χ1) is 12.4. The number of ether oxygens (including phenoxy) is 1. The minimum Gasteiger partial charge on any atom is -0.454 e. The molecule has 0 aliphatic carbocycles. The molecule has 0 saturated carbocycles. The first-order valence-corrected chi connectivity index (χ1v) is 8.18. The molecule has 0 radical (unpaired) electrons. The van der Waals surface area contributed by atoms with Crippen LogP contribution in [-0.4, -0.2) is 42.1 Å². The molecule has 0 unspecified atom stereocenters. The Hall–Kier alpha value is -3.28. The van der Waals surface area contributed by atoms with Crippen LogP contribution in [0.25, 0.3) is 0 Å². The lowest BCUT2D eigenvalue weighted by molar-refractivity contribution is 0.0474. The van der Waals surface area contributed by atoms with Gasteiger partial charge < -0.3 is 4.74 Å². The highest BCUT2D eigenvalue weighted by Crippen LogP contribution is 2.23. The number of fused-ring (bicyclic) bond motifs is 1. The van der Waals surface area contributed by atoms with Crippen LogP contribution >= 0.6 is 0 Å². The highest BCUT2D eigenvalue weighted by Gasteiger charge is 2.33. The molecule has 6 nitrogen and oxygen atoms in total. The van der Waals surface area contributed by atoms with Crippen molar-refractivity contribution in [2.24, 2.45) is 0 Å². The quantitative estimate of drug-likeness (QED) is 0.470. The van der Waals surface area contributed by atoms with Crippen LogP contribution in [0.2, 0.25) is 0 Å². The van der Waals surface area contributed by atoms with E-state index in [1.54, 1.807) is 12.1 Å². The van der Waals surface area contributed by atoms with Gasteiger partial charge in [0.05, 0.1) is 16.7 Å². The van der Waals surface area contributed by atoms with Crippen molar-refractivity contribution in [2.45, 2.75) is 13.3 Å². The second kappa shape index (κ2) is 6.92. The van der Waals surface area contributed by atoms with Crippen molar-refractivity contribution < 1.29 is 23.9 Å². The fourth-order valence-corrected chi connectivity index (χ4v) is 2.71. The molecule has 0 fully saturated rings. The number of imide groups is 1. The highest BCUT2D eigenvalue weighted by atomic mass is 16.5. The van der Waals surface area contributed by atoms with Gasteiger partial charge in [-0.1, -0.05) is 31.2 Å². The third kappa shape index (κ3) is 3.13. The van der Waals surface area contributed by atoms with Crippen LogP contribution in [0.1, 0.15) is 53.9 Å². The summed E-state index contributed by atoms with van der Waals surface area (Å²) in [5.74, 6) is -1.91. The zero-order valence-corrected chi connectivity index (χ0v) is 14.4. The van der Waals surface area contributed by atoms with Crippen molar-refractivity contribution in [3.8, 4) is 0 Å². The van der Waals surface area contributed by atoms with Gasteiger partial charge in [-0.2, -0.15) is 0 Å². The van der Waals surface area contributed by atoms with Crippen molar-refractivity contribution in [1.29, 1.82) is 0 Å². The number of rotatable bonds is 5. The van der Waals surface area contributed by atoms with Gasteiger partial charge in [0, 0.05) is 12.6 Å². The second-order valence-corrected chi connectivity index (χ2v) is 5.98. The number of carbonyl (C=O) groups is 4. The lowest BCUT2D eigenvalue weighted by atomic mass is 10.1. The third-order valence-corrected chi connectivity index (χ3v) is 4.34. The molecule has 0 N–H and O–H groups in total. The molecule has 0 saturated heterocycles. The molecule has 0 bridgehead atoms. The van der Waals surface area contributed by atoms with E-state index in [-0.39, 0.29) is 22.5 Å². The summed E-state index contributed by atoms with van der Waals surface area (Å²) in [4.78, 5) is 49.1. The van der Waals surface area contributed by atoms with Crippen molar-refractivity contribution in [2.75, 3.05) is 13.7 Å². The van der Waals surface area contributed by atoms with E-state index in [1.165, 1.54) is 25.2 Å². The Balaban J connectivity index is 1.68. The van der Waals surface area contributed by atoms with E-state index in [0.717, 1.165) is 16.9 Å². The number of ketones is 1. The van der Waals surface area contributed by atoms with Gasteiger partial charge >= 0.3 is 5.97 Å². The zero-order valence-electron chi connectivity index (χ0n) is 14.4. The molecule has 0 spiro atoms. The molecule has 1 aliphatic heterocycles. The maximum absolute atomic E-state index is 12.2. The number of amides is 2. The standard InChI is InChI=1S/C20H17NO5/c1-3-12-4-6-13(7-5-12)17(22)11-26-20(25)14-8-9-15-16(10-14)19(24)21(2)18(15)23/h4-10H,3,11H2,1-2H3. The molecule has 132 valence electrons. The number of benzene rings is 2. The molecular weight excluding hydrogens is 334 g/mol. The van der Waals surface area contributed by atoms with E-state index in [2.05, 4.69) is 0 Å². The molecule has 1 aliphatic rings. The van der Waals surface area contributed by atoms with Crippen molar-refractivity contribution in [3.05, 3.63) is 70.3 Å². The average molecular weight is 351 g/mol. The highest BCUT2D eigenvalue weighted by molar-refractivity contribution is 6.21. The Morgan fingerprint density at radius 3 is 2.19 bits per heavy atom. The Labute approximate surface area is 150 Å². The molecule has 26 heavy (non-hydrogen) atoms. The number of aryl methyl sites for hydroxylation is 1. The van der Waals surface area contributed by atoms with Crippen LogP contribution in [0, 0.1) is 0 Å². The van der Waals surface area contributed by atoms with Crippen LogP contribution in [0.5, 0.6) is 0 Å². The SMILES string of the molecule is CCc1ccc(C(=O)COC(=O)c2ccc3c(c2)C(=O)N(C)C3=O)cc1. The molecule has 6 heteroatoms. The predicted molar refractivity (Wildman–Crippen MR) is 93.3 cm³/mol. The summed E-state index contributed by atoms with van der Waals surface area (Å²) in [6.07, 6.45) is 0.873. The molecule has 2 amide bonds. The number of Topliss-reactive ketones (excluding diaryl/α,β-unsaturated/α-hetero) is 1. The van der Waals surface area contributed by atoms with E-state index in [0.29, 0.717) is 5.56 Å². The molecular formula is C20H17NO5. The number of carbonyl (C=O) groups excluding carboxylic acids is 4. The van der Waals surface area contributed by atoms with E-state index in [1.807, 2.05) is 19.1 Å². The Morgan fingerprint density at radius 2 is 1.54 bits per heavy atom. The van der Waals surface area contributed by atoms with Crippen molar-refractivity contribution in [1.82, 2.24) is 4.90 Å². The van der Waals surface area contributed by atoms with Gasteiger partial charge in [-0.25, -0.2) is 4.79 Å². The number of nitrogens with zero attached hydrogens (tertiary/aromatic N) is 1. The topological polar surface area (TPSA) is 80.8 Å². The zero-order chi connectivity index (χ0) is 18.8. The van der Waals surface area contributed by atoms with Crippen LogP contribution in [0.3, 0.4) is 0 Å². The smallest absolute Gasteiger partial charge is 0.338 e. The molecule has 0 aromatic heterocycles. The molecule has 2 aromatic rings. The molecule has 0 atom stereocenters. The third-order valence-electron chi connectivity index (χ3n) is 4.34. The van der Waals surface area contributed by atoms with Gasteiger partial charge in [-0.05, 0) is 30.2 Å². The summed E-state index contributed by atoms with van der Waals surface area (Å²) in [7, 11) is 1.38. The van der Waals surface area contributed by atoms with Gasteiger partial charge in [-0.3, -0.25) is 19.3 Å². The average Bonchev–Trinajstić information content (AvgIpc) is 2.89. The Morgan fingerprint density at radius 1 is 0.923 bits per heavy atom.